The SMILES string of the molecule is CCOc1cc(C=O)c(Br)c(Br)c1OCc1ccc(Cl)cc1. The molecule has 2 aromatic carbocycles. The minimum Gasteiger partial charge on any atom is -0.490 e. The zero-order valence-electron chi connectivity index (χ0n) is 11.7. The van der Waals surface area contributed by atoms with Crippen molar-refractivity contribution >= 4 is 49.7 Å². The third-order valence-corrected chi connectivity index (χ3v) is 5.27. The molecule has 0 aliphatic rings. The van der Waals surface area contributed by atoms with Crippen molar-refractivity contribution in [1.82, 2.24) is 0 Å². The van der Waals surface area contributed by atoms with Crippen molar-refractivity contribution in [3.8, 4) is 11.5 Å². The van der Waals surface area contributed by atoms with E-state index in [0.29, 0.717) is 44.2 Å². The van der Waals surface area contributed by atoms with E-state index in [4.69, 9.17) is 21.1 Å². The smallest absolute Gasteiger partial charge is 0.177 e. The fourth-order valence-corrected chi connectivity index (χ4v) is 2.88. The van der Waals surface area contributed by atoms with Gasteiger partial charge >= 0.3 is 0 Å². The fraction of sp³-hybridized carbons (Fsp3) is 0.188. The molecule has 116 valence electrons. The van der Waals surface area contributed by atoms with Crippen LogP contribution in [-0.2, 0) is 6.61 Å². The zero-order valence-corrected chi connectivity index (χ0v) is 15.7. The molecule has 0 heterocycles. The number of benzene rings is 2. The molecule has 0 saturated heterocycles. The second-order valence-corrected chi connectivity index (χ2v) is 6.41. The van der Waals surface area contributed by atoms with Crippen molar-refractivity contribution < 1.29 is 14.3 Å². The highest BCUT2D eigenvalue weighted by Crippen LogP contribution is 2.42. The molecular weight excluding hydrogens is 435 g/mol. The Morgan fingerprint density at radius 3 is 2.41 bits per heavy atom. The van der Waals surface area contributed by atoms with Crippen molar-refractivity contribution in [2.24, 2.45) is 0 Å². The molecule has 22 heavy (non-hydrogen) atoms. The summed E-state index contributed by atoms with van der Waals surface area (Å²) in [6.07, 6.45) is 0.764. The van der Waals surface area contributed by atoms with Gasteiger partial charge in [-0.2, -0.15) is 0 Å². The number of carbonyl (C=O) groups excluding carboxylic acids is 1. The number of hydrogen-bond acceptors (Lipinski definition) is 3. The van der Waals surface area contributed by atoms with Gasteiger partial charge in [-0.15, -0.1) is 0 Å². The highest BCUT2D eigenvalue weighted by atomic mass is 79.9. The largest absolute Gasteiger partial charge is 0.490 e. The van der Waals surface area contributed by atoms with E-state index in [1.165, 1.54) is 0 Å². The van der Waals surface area contributed by atoms with Crippen molar-refractivity contribution in [2.45, 2.75) is 13.5 Å². The number of carbonyl (C=O) groups is 1. The lowest BCUT2D eigenvalue weighted by atomic mass is 10.2. The Kier molecular flexibility index (Phi) is 6.29. The first-order valence-electron chi connectivity index (χ1n) is 6.54. The van der Waals surface area contributed by atoms with E-state index in [9.17, 15) is 4.79 Å². The van der Waals surface area contributed by atoms with Gasteiger partial charge in [0, 0.05) is 15.1 Å². The summed E-state index contributed by atoms with van der Waals surface area (Å²) in [5.41, 5.74) is 1.48. The Hall–Kier alpha value is -1.04. The van der Waals surface area contributed by atoms with Gasteiger partial charge < -0.3 is 9.47 Å². The maximum Gasteiger partial charge on any atom is 0.177 e. The standard InChI is InChI=1S/C16H13Br2ClO3/c1-2-21-13-7-11(8-20)14(17)15(18)16(13)22-9-10-3-5-12(19)6-4-10/h3-8H,2,9H2,1H3. The van der Waals surface area contributed by atoms with Crippen LogP contribution in [0.2, 0.25) is 5.02 Å². The molecule has 6 heteroatoms. The first-order chi connectivity index (χ1) is 10.6. The second-order valence-electron chi connectivity index (χ2n) is 4.39. The second kappa shape index (κ2) is 7.99. The van der Waals surface area contributed by atoms with Gasteiger partial charge in [-0.25, -0.2) is 0 Å². The predicted molar refractivity (Wildman–Crippen MR) is 94.2 cm³/mol. The monoisotopic (exact) mass is 446 g/mol. The lowest BCUT2D eigenvalue weighted by molar-refractivity contribution is 0.112. The molecule has 2 aromatic rings. The normalized spacial score (nSPS) is 10.4. The average molecular weight is 449 g/mol. The van der Waals surface area contributed by atoms with Crippen LogP contribution in [-0.4, -0.2) is 12.9 Å². The van der Waals surface area contributed by atoms with Crippen LogP contribution in [0, 0.1) is 0 Å². The molecule has 0 aromatic heterocycles. The number of aldehydes is 1. The van der Waals surface area contributed by atoms with Gasteiger partial charge in [0.1, 0.15) is 6.61 Å². The van der Waals surface area contributed by atoms with Crippen LogP contribution in [0.25, 0.3) is 0 Å². The molecule has 0 fully saturated rings. The molecule has 0 aliphatic heterocycles. The number of rotatable bonds is 6. The summed E-state index contributed by atoms with van der Waals surface area (Å²) in [7, 11) is 0. The molecule has 0 bridgehead atoms. The Labute approximate surface area is 150 Å². The predicted octanol–water partition coefficient (Wildman–Crippen LogP) is 5.66. The van der Waals surface area contributed by atoms with E-state index in [-0.39, 0.29) is 0 Å². The van der Waals surface area contributed by atoms with Crippen LogP contribution >= 0.6 is 43.5 Å². The van der Waals surface area contributed by atoms with E-state index >= 15 is 0 Å². The summed E-state index contributed by atoms with van der Waals surface area (Å²) in [5, 5.41) is 0.679. The quantitative estimate of drug-likeness (QED) is 0.536. The Bertz CT molecular complexity index is 672. The van der Waals surface area contributed by atoms with Crippen LogP contribution in [0.3, 0.4) is 0 Å². The van der Waals surface area contributed by atoms with Gasteiger partial charge in [-0.1, -0.05) is 23.7 Å². The molecule has 0 radical (unpaired) electrons. The van der Waals surface area contributed by atoms with E-state index < -0.39 is 0 Å². The van der Waals surface area contributed by atoms with Crippen molar-refractivity contribution in [3.05, 3.63) is 55.4 Å². The molecule has 0 amide bonds. The summed E-state index contributed by atoms with van der Waals surface area (Å²) < 4.78 is 12.7. The summed E-state index contributed by atoms with van der Waals surface area (Å²) in [6, 6.07) is 9.06. The number of halogens is 3. The molecule has 0 unspecified atom stereocenters. The Morgan fingerprint density at radius 1 is 1.14 bits per heavy atom. The molecular formula is C16H13Br2ClO3. The lowest BCUT2D eigenvalue weighted by Gasteiger charge is -2.16. The average Bonchev–Trinajstić information content (AvgIpc) is 2.52. The Morgan fingerprint density at radius 2 is 1.82 bits per heavy atom. The molecule has 3 nitrogen and oxygen atoms in total. The lowest BCUT2D eigenvalue weighted by Crippen LogP contribution is -2.02. The van der Waals surface area contributed by atoms with Crippen LogP contribution in [0.4, 0.5) is 0 Å². The van der Waals surface area contributed by atoms with Gasteiger partial charge in [-0.05, 0) is 62.5 Å². The molecule has 0 N–H and O–H groups in total. The van der Waals surface area contributed by atoms with Crippen molar-refractivity contribution in [1.29, 1.82) is 0 Å². The van der Waals surface area contributed by atoms with Gasteiger partial charge in [0.25, 0.3) is 0 Å². The first-order valence-corrected chi connectivity index (χ1v) is 8.50. The van der Waals surface area contributed by atoms with Gasteiger partial charge in [-0.3, -0.25) is 4.79 Å². The topological polar surface area (TPSA) is 35.5 Å². The summed E-state index contributed by atoms with van der Waals surface area (Å²) in [6.45, 7) is 2.71. The fourth-order valence-electron chi connectivity index (χ4n) is 1.82. The molecule has 0 saturated carbocycles. The van der Waals surface area contributed by atoms with Gasteiger partial charge in [0.05, 0.1) is 11.1 Å². The van der Waals surface area contributed by atoms with E-state index in [0.717, 1.165) is 11.8 Å². The molecule has 2 rings (SSSR count). The first kappa shape index (κ1) is 17.3. The van der Waals surface area contributed by atoms with Crippen LogP contribution < -0.4 is 9.47 Å². The maximum atomic E-state index is 11.1. The van der Waals surface area contributed by atoms with E-state index in [1.807, 2.05) is 31.2 Å². The zero-order chi connectivity index (χ0) is 16.1. The molecule has 0 atom stereocenters. The molecule has 0 aliphatic carbocycles. The van der Waals surface area contributed by atoms with Crippen molar-refractivity contribution in [2.75, 3.05) is 6.61 Å². The summed E-state index contributed by atoms with van der Waals surface area (Å²) in [5.74, 6) is 1.07. The van der Waals surface area contributed by atoms with E-state index in [2.05, 4.69) is 31.9 Å². The third kappa shape index (κ3) is 4.03. The Balaban J connectivity index is 2.30. The van der Waals surface area contributed by atoms with E-state index in [1.54, 1.807) is 6.07 Å². The summed E-state index contributed by atoms with van der Waals surface area (Å²) >= 11 is 12.7. The van der Waals surface area contributed by atoms with Gasteiger partial charge in [0.15, 0.2) is 17.8 Å². The maximum absolute atomic E-state index is 11.1. The van der Waals surface area contributed by atoms with Crippen LogP contribution in [0.1, 0.15) is 22.8 Å². The van der Waals surface area contributed by atoms with Crippen molar-refractivity contribution in [3.63, 3.8) is 0 Å². The molecule has 0 spiro atoms. The van der Waals surface area contributed by atoms with Crippen LogP contribution in [0.5, 0.6) is 11.5 Å². The third-order valence-electron chi connectivity index (χ3n) is 2.88. The summed E-state index contributed by atoms with van der Waals surface area (Å²) in [4.78, 5) is 11.1. The minimum absolute atomic E-state index is 0.364. The number of hydrogen-bond donors (Lipinski definition) is 0. The highest BCUT2D eigenvalue weighted by Gasteiger charge is 2.17. The highest BCUT2D eigenvalue weighted by molar-refractivity contribution is 9.13. The number of ether oxygens (including phenoxy) is 2. The van der Waals surface area contributed by atoms with Gasteiger partial charge in [0.2, 0.25) is 0 Å². The van der Waals surface area contributed by atoms with Crippen LogP contribution in [0.15, 0.2) is 39.3 Å². The minimum atomic E-state index is 0.364.